The van der Waals surface area contributed by atoms with E-state index in [4.69, 9.17) is 8.85 Å². The average molecular weight is 578 g/mol. The van der Waals surface area contributed by atoms with Crippen LogP contribution in [0.3, 0.4) is 0 Å². The molecule has 2 atom stereocenters. The van der Waals surface area contributed by atoms with Gasteiger partial charge in [0.2, 0.25) is 0 Å². The molecule has 2 rings (SSSR count). The van der Waals surface area contributed by atoms with Gasteiger partial charge in [-0.05, 0) is 71.6 Å². The number of hydrogen-bond acceptors (Lipinski definition) is 3. The molecule has 0 radical (unpaired) electrons. The largest absolute Gasteiger partial charge is 0.413 e. The normalized spacial score (nSPS) is 15.0. The minimum Gasteiger partial charge on any atom is -0.413 e. The summed E-state index contributed by atoms with van der Waals surface area (Å²) < 4.78 is 13.6. The molecule has 0 aliphatic heterocycles. The number of allylic oxidation sites excluding steroid dienone is 1. The second kappa shape index (κ2) is 14.8. The summed E-state index contributed by atoms with van der Waals surface area (Å²) in [4.78, 5) is 0. The Morgan fingerprint density at radius 1 is 0.850 bits per heavy atom. The predicted molar refractivity (Wildman–Crippen MR) is 177 cm³/mol. The molecule has 0 N–H and O–H groups in total. The molecule has 5 heteroatoms. The van der Waals surface area contributed by atoms with Crippen LogP contribution in [0.4, 0.5) is 0 Å². The van der Waals surface area contributed by atoms with E-state index in [1.807, 2.05) is 0 Å². The van der Waals surface area contributed by atoms with Crippen LogP contribution in [0, 0.1) is 23.2 Å². The number of rotatable bonds is 14. The molecule has 0 bridgehead atoms. The molecule has 0 amide bonds. The van der Waals surface area contributed by atoms with Crippen molar-refractivity contribution in [1.29, 1.82) is 5.26 Å². The van der Waals surface area contributed by atoms with E-state index in [1.54, 1.807) is 0 Å². The van der Waals surface area contributed by atoms with Gasteiger partial charge >= 0.3 is 0 Å². The Bertz CT molecular complexity index is 1050. The smallest absolute Gasteiger partial charge is 0.261 e. The van der Waals surface area contributed by atoms with Gasteiger partial charge in [-0.1, -0.05) is 121 Å². The summed E-state index contributed by atoms with van der Waals surface area (Å²) in [5, 5.41) is 12.1. The fourth-order valence-corrected chi connectivity index (χ4v) is 11.0. The van der Waals surface area contributed by atoms with Crippen LogP contribution in [-0.4, -0.2) is 29.8 Å². The van der Waals surface area contributed by atoms with Gasteiger partial charge < -0.3 is 8.85 Å². The molecular formula is C35H55NO2Si2. The summed E-state index contributed by atoms with van der Waals surface area (Å²) in [7, 11) is -4.32. The van der Waals surface area contributed by atoms with Gasteiger partial charge in [0.25, 0.3) is 8.32 Å². The van der Waals surface area contributed by atoms with Gasteiger partial charge in [-0.2, -0.15) is 5.26 Å². The van der Waals surface area contributed by atoms with Crippen LogP contribution < -0.4 is 10.4 Å². The molecule has 220 valence electrons. The summed E-state index contributed by atoms with van der Waals surface area (Å²) in [6.07, 6.45) is 5.86. The van der Waals surface area contributed by atoms with Crippen LogP contribution in [0.15, 0.2) is 72.3 Å². The molecule has 2 aromatic carbocycles. The molecule has 0 fully saturated rings. The molecule has 0 unspecified atom stereocenters. The molecule has 0 saturated heterocycles. The minimum absolute atomic E-state index is 0.0217. The Hall–Kier alpha value is -1.98. The molecule has 0 aliphatic carbocycles. The summed E-state index contributed by atoms with van der Waals surface area (Å²) in [5.41, 5.74) is 1.38. The van der Waals surface area contributed by atoms with Crippen molar-refractivity contribution < 1.29 is 8.85 Å². The van der Waals surface area contributed by atoms with Crippen LogP contribution in [0.5, 0.6) is 0 Å². The van der Waals surface area contributed by atoms with Gasteiger partial charge in [-0.25, -0.2) is 0 Å². The topological polar surface area (TPSA) is 42.2 Å². The monoisotopic (exact) mass is 577 g/mol. The van der Waals surface area contributed by atoms with Crippen molar-refractivity contribution in [2.75, 3.05) is 13.2 Å². The van der Waals surface area contributed by atoms with Crippen LogP contribution in [0.25, 0.3) is 0 Å². The van der Waals surface area contributed by atoms with Crippen LogP contribution in [-0.2, 0) is 8.85 Å². The van der Waals surface area contributed by atoms with Crippen LogP contribution in [0.1, 0.15) is 81.1 Å². The van der Waals surface area contributed by atoms with Gasteiger partial charge in [0.1, 0.15) is 0 Å². The predicted octanol–water partition coefficient (Wildman–Crippen LogP) is 8.87. The summed E-state index contributed by atoms with van der Waals surface area (Å²) >= 11 is 0. The van der Waals surface area contributed by atoms with E-state index in [-0.39, 0.29) is 10.1 Å². The minimum atomic E-state index is -2.53. The lowest BCUT2D eigenvalue weighted by Gasteiger charge is -2.43. The van der Waals surface area contributed by atoms with Gasteiger partial charge in [-0.15, -0.1) is 0 Å². The lowest BCUT2D eigenvalue weighted by atomic mass is 9.81. The third kappa shape index (κ3) is 8.76. The number of nitrogens with zero attached hydrogens (tertiary/aromatic N) is 1. The van der Waals surface area contributed by atoms with Crippen molar-refractivity contribution in [3.8, 4) is 6.07 Å². The molecule has 2 aromatic rings. The Balaban J connectivity index is 2.25. The zero-order valence-corrected chi connectivity index (χ0v) is 29.0. The first-order valence-corrected chi connectivity index (χ1v) is 19.9. The van der Waals surface area contributed by atoms with Crippen molar-refractivity contribution in [2.24, 2.45) is 11.8 Å². The van der Waals surface area contributed by atoms with Crippen molar-refractivity contribution in [3.05, 3.63) is 72.3 Å². The molecule has 0 heterocycles. The first-order chi connectivity index (χ1) is 18.7. The van der Waals surface area contributed by atoms with Crippen LogP contribution in [0.2, 0.25) is 23.2 Å². The summed E-state index contributed by atoms with van der Waals surface area (Å²) in [6, 6.07) is 24.1. The fourth-order valence-electron chi connectivity index (χ4n) is 5.49. The number of hydrogen-bond donors (Lipinski definition) is 0. The van der Waals surface area contributed by atoms with Crippen molar-refractivity contribution >= 4 is 27.0 Å². The maximum absolute atomic E-state index is 9.24. The highest BCUT2D eigenvalue weighted by atomic mass is 28.4. The van der Waals surface area contributed by atoms with E-state index in [0.29, 0.717) is 24.9 Å². The summed E-state index contributed by atoms with van der Waals surface area (Å²) in [5.74, 6) is 0.857. The second-order valence-corrected chi connectivity index (χ2v) is 23.1. The molecule has 40 heavy (non-hydrogen) atoms. The Morgan fingerprint density at radius 2 is 1.38 bits per heavy atom. The SMILES string of the molecule is C/C(=C/CO[Si](C)(C)C(C)(C)C)[C@@H](CCCO[Si](c1ccccc1)(c1ccccc1)C(C)(C)C)[C@H](C)CCC#N. The molecule has 0 aromatic heterocycles. The lowest BCUT2D eigenvalue weighted by Crippen LogP contribution is -2.66. The van der Waals surface area contributed by atoms with Gasteiger partial charge in [0.05, 0.1) is 12.7 Å². The van der Waals surface area contributed by atoms with E-state index in [0.717, 1.165) is 25.9 Å². The maximum atomic E-state index is 9.24. The molecule has 3 nitrogen and oxygen atoms in total. The zero-order valence-electron chi connectivity index (χ0n) is 27.0. The van der Waals surface area contributed by atoms with E-state index in [1.165, 1.54) is 15.9 Å². The van der Waals surface area contributed by atoms with Crippen molar-refractivity contribution in [2.45, 2.75) is 104 Å². The first-order valence-electron chi connectivity index (χ1n) is 15.1. The quantitative estimate of drug-likeness (QED) is 0.128. The van der Waals surface area contributed by atoms with Crippen molar-refractivity contribution in [3.63, 3.8) is 0 Å². The number of benzene rings is 2. The second-order valence-electron chi connectivity index (χ2n) is 14.0. The third-order valence-electron chi connectivity index (χ3n) is 9.03. The maximum Gasteiger partial charge on any atom is 0.261 e. The first kappa shape index (κ1) is 34.2. The number of nitriles is 1. The highest BCUT2D eigenvalue weighted by molar-refractivity contribution is 6.99. The highest BCUT2D eigenvalue weighted by Crippen LogP contribution is 2.38. The van der Waals surface area contributed by atoms with Gasteiger partial charge in [0.15, 0.2) is 8.32 Å². The molecular weight excluding hydrogens is 523 g/mol. The Kier molecular flexibility index (Phi) is 12.6. The van der Waals surface area contributed by atoms with E-state index < -0.39 is 16.6 Å². The zero-order chi connectivity index (χ0) is 30.0. The third-order valence-corrected chi connectivity index (χ3v) is 18.6. The molecule has 0 spiro atoms. The van der Waals surface area contributed by atoms with E-state index in [2.05, 4.69) is 141 Å². The van der Waals surface area contributed by atoms with Gasteiger partial charge in [-0.3, -0.25) is 0 Å². The van der Waals surface area contributed by atoms with Gasteiger partial charge in [0, 0.05) is 13.0 Å². The summed E-state index contributed by atoms with van der Waals surface area (Å²) in [6.45, 7) is 24.4. The highest BCUT2D eigenvalue weighted by Gasteiger charge is 2.50. The van der Waals surface area contributed by atoms with E-state index >= 15 is 0 Å². The van der Waals surface area contributed by atoms with Crippen LogP contribution >= 0.6 is 0 Å². The Morgan fingerprint density at radius 3 is 1.82 bits per heavy atom. The Labute approximate surface area is 248 Å². The fraction of sp³-hybridized carbons (Fsp3) is 0.571. The van der Waals surface area contributed by atoms with Crippen molar-refractivity contribution in [1.82, 2.24) is 0 Å². The molecule has 0 saturated carbocycles. The average Bonchev–Trinajstić information content (AvgIpc) is 2.89. The van der Waals surface area contributed by atoms with E-state index in [9.17, 15) is 5.26 Å². The standard InChI is InChI=1S/C35H55NO2Si2/c1-29(19-17-26-36)33(30(2)25-28-37-39(9,10)34(3,4)5)24-18-27-38-40(35(6,7)8,31-20-13-11-14-21-31)32-22-15-12-16-23-32/h11-16,20-23,25,29,33H,17-19,24,27-28H2,1-10H3/b30-25-/t29-,33+/m1/s1. The lowest BCUT2D eigenvalue weighted by molar-refractivity contribution is 0.264. The molecule has 0 aliphatic rings.